The minimum absolute atomic E-state index is 0.0493. The first-order valence-electron chi connectivity index (χ1n) is 6.02. The molecule has 4 heteroatoms. The smallest absolute Gasteiger partial charge is 0.142 e. The molecule has 0 aliphatic rings. The third-order valence-corrected chi connectivity index (χ3v) is 3.09. The van der Waals surface area contributed by atoms with Crippen LogP contribution >= 0.6 is 11.6 Å². The SMILES string of the molecule is Cc1ccc(CCN)cc1Oc1ccc(F)c(Cl)c1. The Morgan fingerprint density at radius 1 is 1.21 bits per heavy atom. The van der Waals surface area contributed by atoms with Crippen molar-refractivity contribution < 1.29 is 9.13 Å². The molecule has 0 spiro atoms. The first-order chi connectivity index (χ1) is 9.10. The summed E-state index contributed by atoms with van der Waals surface area (Å²) in [5.74, 6) is 0.788. The van der Waals surface area contributed by atoms with Crippen LogP contribution in [0.1, 0.15) is 11.1 Å². The Morgan fingerprint density at radius 3 is 2.68 bits per heavy atom. The summed E-state index contributed by atoms with van der Waals surface area (Å²) in [6.45, 7) is 2.54. The fourth-order valence-electron chi connectivity index (χ4n) is 1.74. The molecule has 0 saturated heterocycles. The molecule has 0 heterocycles. The zero-order valence-electron chi connectivity index (χ0n) is 10.6. The van der Waals surface area contributed by atoms with Crippen LogP contribution in [-0.2, 0) is 6.42 Å². The molecule has 2 aromatic rings. The molecule has 0 fully saturated rings. The van der Waals surface area contributed by atoms with E-state index in [0.29, 0.717) is 12.3 Å². The Morgan fingerprint density at radius 2 is 2.00 bits per heavy atom. The van der Waals surface area contributed by atoms with E-state index < -0.39 is 5.82 Å². The lowest BCUT2D eigenvalue weighted by molar-refractivity contribution is 0.476. The minimum Gasteiger partial charge on any atom is -0.457 e. The third kappa shape index (κ3) is 3.46. The Bertz CT molecular complexity index is 586. The van der Waals surface area contributed by atoms with Gasteiger partial charge in [0.05, 0.1) is 5.02 Å². The molecule has 0 atom stereocenters. The van der Waals surface area contributed by atoms with Gasteiger partial charge in [0.1, 0.15) is 17.3 Å². The number of aryl methyl sites for hydroxylation is 1. The van der Waals surface area contributed by atoms with Crippen molar-refractivity contribution in [3.05, 3.63) is 58.4 Å². The Balaban J connectivity index is 2.26. The van der Waals surface area contributed by atoms with Crippen LogP contribution < -0.4 is 10.5 Å². The summed E-state index contributed by atoms with van der Waals surface area (Å²) in [6, 6.07) is 10.2. The van der Waals surface area contributed by atoms with Crippen LogP contribution in [0.15, 0.2) is 36.4 Å². The lowest BCUT2D eigenvalue weighted by Crippen LogP contribution is -2.02. The van der Waals surface area contributed by atoms with Gasteiger partial charge >= 0.3 is 0 Å². The fourth-order valence-corrected chi connectivity index (χ4v) is 1.91. The number of rotatable bonds is 4. The van der Waals surface area contributed by atoms with E-state index in [4.69, 9.17) is 22.1 Å². The van der Waals surface area contributed by atoms with Crippen LogP contribution in [0, 0.1) is 12.7 Å². The van der Waals surface area contributed by atoms with Crippen LogP contribution in [0.5, 0.6) is 11.5 Å². The van der Waals surface area contributed by atoms with Crippen molar-refractivity contribution in [2.45, 2.75) is 13.3 Å². The molecule has 0 amide bonds. The summed E-state index contributed by atoms with van der Waals surface area (Å²) >= 11 is 5.73. The van der Waals surface area contributed by atoms with Gasteiger partial charge in [0.25, 0.3) is 0 Å². The maximum absolute atomic E-state index is 13.1. The number of ether oxygens (including phenoxy) is 1. The summed E-state index contributed by atoms with van der Waals surface area (Å²) in [4.78, 5) is 0. The van der Waals surface area contributed by atoms with Crippen LogP contribution in [0.25, 0.3) is 0 Å². The summed E-state index contributed by atoms with van der Waals surface area (Å²) in [6.07, 6.45) is 0.792. The molecule has 2 nitrogen and oxygen atoms in total. The van der Waals surface area contributed by atoms with Crippen molar-refractivity contribution in [3.63, 3.8) is 0 Å². The molecule has 0 aromatic heterocycles. The van der Waals surface area contributed by atoms with E-state index in [9.17, 15) is 4.39 Å². The van der Waals surface area contributed by atoms with Crippen LogP contribution in [0.2, 0.25) is 5.02 Å². The molecule has 2 rings (SSSR count). The van der Waals surface area contributed by atoms with Gasteiger partial charge in [-0.15, -0.1) is 0 Å². The van der Waals surface area contributed by atoms with E-state index in [-0.39, 0.29) is 5.02 Å². The quantitative estimate of drug-likeness (QED) is 0.915. The highest BCUT2D eigenvalue weighted by Gasteiger charge is 2.06. The van der Waals surface area contributed by atoms with Gasteiger partial charge in [0, 0.05) is 6.07 Å². The standard InChI is InChI=1S/C15H15ClFNO/c1-10-2-3-11(6-7-18)8-15(10)19-12-4-5-14(17)13(16)9-12/h2-5,8-9H,6-7,18H2,1H3. The maximum Gasteiger partial charge on any atom is 0.142 e. The van der Waals surface area contributed by atoms with Crippen molar-refractivity contribution in [1.29, 1.82) is 0 Å². The molecule has 19 heavy (non-hydrogen) atoms. The van der Waals surface area contributed by atoms with Crippen molar-refractivity contribution in [3.8, 4) is 11.5 Å². The van der Waals surface area contributed by atoms with Gasteiger partial charge in [-0.1, -0.05) is 23.7 Å². The predicted molar refractivity (Wildman–Crippen MR) is 75.4 cm³/mol. The van der Waals surface area contributed by atoms with Gasteiger partial charge in [-0.25, -0.2) is 4.39 Å². The van der Waals surface area contributed by atoms with E-state index in [1.165, 1.54) is 12.1 Å². The predicted octanol–water partition coefficient (Wildman–Crippen LogP) is 4.08. The topological polar surface area (TPSA) is 35.2 Å². The van der Waals surface area contributed by atoms with Crippen molar-refractivity contribution in [1.82, 2.24) is 0 Å². The zero-order valence-corrected chi connectivity index (χ0v) is 11.4. The number of benzene rings is 2. The highest BCUT2D eigenvalue weighted by molar-refractivity contribution is 6.30. The van der Waals surface area contributed by atoms with Crippen LogP contribution in [-0.4, -0.2) is 6.54 Å². The molecule has 0 unspecified atom stereocenters. The molecular weight excluding hydrogens is 265 g/mol. The van der Waals surface area contributed by atoms with Gasteiger partial charge in [-0.2, -0.15) is 0 Å². The summed E-state index contributed by atoms with van der Waals surface area (Å²) in [5, 5.41) is 0.0493. The molecule has 2 N–H and O–H groups in total. The summed E-state index contributed by atoms with van der Waals surface area (Å²) in [5.41, 5.74) is 7.65. The number of hydrogen-bond acceptors (Lipinski definition) is 2. The van der Waals surface area contributed by atoms with Gasteiger partial charge in [0.15, 0.2) is 0 Å². The second-order valence-corrected chi connectivity index (χ2v) is 4.72. The second kappa shape index (κ2) is 6.04. The normalized spacial score (nSPS) is 10.5. The molecule has 0 aliphatic heterocycles. The first kappa shape index (κ1) is 13.8. The molecule has 0 radical (unpaired) electrons. The Hall–Kier alpha value is -1.58. The molecular formula is C15H15ClFNO. The van der Waals surface area contributed by atoms with Crippen molar-refractivity contribution >= 4 is 11.6 Å². The third-order valence-electron chi connectivity index (χ3n) is 2.80. The molecule has 100 valence electrons. The molecule has 2 aromatic carbocycles. The molecule has 0 saturated carbocycles. The molecule has 0 bridgehead atoms. The number of nitrogens with two attached hydrogens (primary N) is 1. The number of halogens is 2. The van der Waals surface area contributed by atoms with E-state index in [1.807, 2.05) is 25.1 Å². The first-order valence-corrected chi connectivity index (χ1v) is 6.40. The highest BCUT2D eigenvalue weighted by atomic mass is 35.5. The lowest BCUT2D eigenvalue weighted by atomic mass is 10.1. The van der Waals surface area contributed by atoms with Crippen LogP contribution in [0.4, 0.5) is 4.39 Å². The average Bonchev–Trinajstić information content (AvgIpc) is 2.38. The zero-order chi connectivity index (χ0) is 13.8. The van der Waals surface area contributed by atoms with Gasteiger partial charge in [-0.05, 0) is 49.2 Å². The van der Waals surface area contributed by atoms with Gasteiger partial charge in [0.2, 0.25) is 0 Å². The van der Waals surface area contributed by atoms with Gasteiger partial charge in [-0.3, -0.25) is 0 Å². The lowest BCUT2D eigenvalue weighted by Gasteiger charge is -2.11. The van der Waals surface area contributed by atoms with Gasteiger partial charge < -0.3 is 10.5 Å². The largest absolute Gasteiger partial charge is 0.457 e. The maximum atomic E-state index is 13.1. The number of hydrogen-bond donors (Lipinski definition) is 1. The minimum atomic E-state index is -0.456. The van der Waals surface area contributed by atoms with E-state index in [2.05, 4.69) is 0 Å². The summed E-state index contributed by atoms with van der Waals surface area (Å²) in [7, 11) is 0. The van der Waals surface area contributed by atoms with E-state index in [0.717, 1.165) is 23.3 Å². The Kier molecular flexibility index (Phi) is 4.40. The average molecular weight is 280 g/mol. The Labute approximate surface area is 117 Å². The van der Waals surface area contributed by atoms with E-state index in [1.54, 1.807) is 6.07 Å². The fraction of sp³-hybridized carbons (Fsp3) is 0.200. The van der Waals surface area contributed by atoms with Crippen LogP contribution in [0.3, 0.4) is 0 Å². The van der Waals surface area contributed by atoms with Crippen molar-refractivity contribution in [2.24, 2.45) is 5.73 Å². The highest BCUT2D eigenvalue weighted by Crippen LogP contribution is 2.29. The molecule has 0 aliphatic carbocycles. The summed E-state index contributed by atoms with van der Waals surface area (Å²) < 4.78 is 18.8. The van der Waals surface area contributed by atoms with E-state index >= 15 is 0 Å². The van der Waals surface area contributed by atoms with Crippen molar-refractivity contribution in [2.75, 3.05) is 6.54 Å². The second-order valence-electron chi connectivity index (χ2n) is 4.32. The monoisotopic (exact) mass is 279 g/mol.